The van der Waals surface area contributed by atoms with Crippen molar-refractivity contribution in [3.8, 4) is 5.75 Å². The molecular weight excluding hydrogens is 402 g/mol. The molecule has 0 unspecified atom stereocenters. The highest BCUT2D eigenvalue weighted by Crippen LogP contribution is 2.23. The predicted molar refractivity (Wildman–Crippen MR) is 99.6 cm³/mol. The van der Waals surface area contributed by atoms with Gasteiger partial charge in [0.25, 0.3) is 5.91 Å². The topological polar surface area (TPSA) is 81.7 Å². The van der Waals surface area contributed by atoms with Crippen LogP contribution < -0.4 is 10.1 Å². The van der Waals surface area contributed by atoms with Gasteiger partial charge in [0.1, 0.15) is 5.75 Å². The molecule has 6 nitrogen and oxygen atoms in total. The number of imide groups is 1. The van der Waals surface area contributed by atoms with E-state index in [1.54, 1.807) is 0 Å². The summed E-state index contributed by atoms with van der Waals surface area (Å²) in [6.45, 7) is -0.0539. The second kappa shape index (κ2) is 11.0. The normalized spacial score (nSPS) is 14.5. The van der Waals surface area contributed by atoms with Gasteiger partial charge < -0.3 is 9.47 Å². The molecule has 1 N–H and O–H groups in total. The van der Waals surface area contributed by atoms with Crippen molar-refractivity contribution in [1.82, 2.24) is 5.32 Å². The van der Waals surface area contributed by atoms with E-state index in [4.69, 9.17) is 9.47 Å². The maximum atomic E-state index is 11.9. The number of esters is 1. The van der Waals surface area contributed by atoms with Crippen LogP contribution in [0, 0.1) is 5.92 Å². The van der Waals surface area contributed by atoms with Crippen LogP contribution in [-0.4, -0.2) is 31.0 Å². The van der Waals surface area contributed by atoms with Crippen molar-refractivity contribution in [2.45, 2.75) is 44.9 Å². The standard InChI is InChI=1S/C19H24BrNO5/c20-15-8-4-9-16(12-15)25-11-5-10-18(23)26-13-17(22)21-19(24)14-6-2-1-3-7-14/h4,8-9,12,14H,1-3,5-7,10-11,13H2,(H,21,22,24). The highest BCUT2D eigenvalue weighted by molar-refractivity contribution is 9.10. The molecule has 2 rings (SSSR count). The molecule has 7 heteroatoms. The molecule has 1 aliphatic carbocycles. The van der Waals surface area contributed by atoms with Gasteiger partial charge in [-0.3, -0.25) is 19.7 Å². The van der Waals surface area contributed by atoms with Crippen LogP contribution in [0.4, 0.5) is 0 Å². The third-order valence-electron chi connectivity index (χ3n) is 4.19. The first-order valence-corrected chi connectivity index (χ1v) is 9.71. The molecule has 1 aromatic rings. The van der Waals surface area contributed by atoms with Crippen molar-refractivity contribution < 1.29 is 23.9 Å². The Kier molecular flexibility index (Phi) is 8.61. The molecule has 2 amide bonds. The number of amides is 2. The van der Waals surface area contributed by atoms with Crippen LogP contribution in [-0.2, 0) is 19.1 Å². The number of carbonyl (C=O) groups is 3. The molecule has 0 spiro atoms. The maximum Gasteiger partial charge on any atom is 0.306 e. The monoisotopic (exact) mass is 425 g/mol. The van der Waals surface area contributed by atoms with E-state index in [1.807, 2.05) is 24.3 Å². The van der Waals surface area contributed by atoms with E-state index >= 15 is 0 Å². The molecule has 0 aromatic heterocycles. The lowest BCUT2D eigenvalue weighted by Crippen LogP contribution is -2.38. The lowest BCUT2D eigenvalue weighted by molar-refractivity contribution is -0.150. The van der Waals surface area contributed by atoms with Crippen LogP contribution in [0.25, 0.3) is 0 Å². The second-order valence-electron chi connectivity index (χ2n) is 6.32. The van der Waals surface area contributed by atoms with Gasteiger partial charge >= 0.3 is 5.97 Å². The summed E-state index contributed by atoms with van der Waals surface area (Å²) in [4.78, 5) is 35.3. The van der Waals surface area contributed by atoms with Gasteiger partial charge in [0, 0.05) is 16.8 Å². The van der Waals surface area contributed by atoms with E-state index in [0.29, 0.717) is 18.8 Å². The molecule has 0 aliphatic heterocycles. The van der Waals surface area contributed by atoms with Crippen molar-refractivity contribution in [2.75, 3.05) is 13.2 Å². The van der Waals surface area contributed by atoms with E-state index in [9.17, 15) is 14.4 Å². The van der Waals surface area contributed by atoms with E-state index < -0.39 is 18.5 Å². The van der Waals surface area contributed by atoms with Gasteiger partial charge in [-0.15, -0.1) is 0 Å². The summed E-state index contributed by atoms with van der Waals surface area (Å²) >= 11 is 3.35. The Hall–Kier alpha value is -1.89. The molecule has 0 atom stereocenters. The molecule has 0 heterocycles. The number of hydrogen-bond donors (Lipinski definition) is 1. The fourth-order valence-corrected chi connectivity index (χ4v) is 3.20. The van der Waals surface area contributed by atoms with Crippen LogP contribution in [0.1, 0.15) is 44.9 Å². The lowest BCUT2D eigenvalue weighted by Gasteiger charge is -2.20. The summed E-state index contributed by atoms with van der Waals surface area (Å²) in [5.41, 5.74) is 0. The molecule has 1 aromatic carbocycles. The quantitative estimate of drug-likeness (QED) is 0.509. The average molecular weight is 426 g/mol. The number of carbonyl (C=O) groups excluding carboxylic acids is 3. The van der Waals surface area contributed by atoms with Gasteiger partial charge in [0.05, 0.1) is 6.61 Å². The minimum Gasteiger partial charge on any atom is -0.494 e. The van der Waals surface area contributed by atoms with Crippen LogP contribution >= 0.6 is 15.9 Å². The number of benzene rings is 1. The highest BCUT2D eigenvalue weighted by Gasteiger charge is 2.22. The Morgan fingerprint density at radius 3 is 2.65 bits per heavy atom. The van der Waals surface area contributed by atoms with Gasteiger partial charge in [0.2, 0.25) is 5.91 Å². The molecule has 0 radical (unpaired) electrons. The van der Waals surface area contributed by atoms with Crippen molar-refractivity contribution in [3.63, 3.8) is 0 Å². The fraction of sp³-hybridized carbons (Fsp3) is 0.526. The minimum atomic E-state index is -0.570. The summed E-state index contributed by atoms with van der Waals surface area (Å²) < 4.78 is 11.3. The fourth-order valence-electron chi connectivity index (χ4n) is 2.82. The van der Waals surface area contributed by atoms with Crippen molar-refractivity contribution in [2.24, 2.45) is 5.92 Å². The maximum absolute atomic E-state index is 11.9. The van der Waals surface area contributed by atoms with Crippen LogP contribution in [0.3, 0.4) is 0 Å². The van der Waals surface area contributed by atoms with E-state index in [0.717, 1.165) is 36.6 Å². The van der Waals surface area contributed by atoms with Gasteiger partial charge in [-0.05, 0) is 37.5 Å². The van der Waals surface area contributed by atoms with E-state index in [2.05, 4.69) is 21.2 Å². The smallest absolute Gasteiger partial charge is 0.306 e. The number of nitrogens with one attached hydrogen (secondary N) is 1. The SMILES string of the molecule is O=C(COC(=O)CCCOc1cccc(Br)c1)NC(=O)C1CCCCC1. The highest BCUT2D eigenvalue weighted by atomic mass is 79.9. The average Bonchev–Trinajstić information content (AvgIpc) is 2.64. The van der Waals surface area contributed by atoms with Crippen molar-refractivity contribution >= 4 is 33.7 Å². The van der Waals surface area contributed by atoms with E-state index in [-0.39, 0.29) is 18.2 Å². The molecule has 0 saturated heterocycles. The van der Waals surface area contributed by atoms with E-state index in [1.165, 1.54) is 0 Å². The summed E-state index contributed by atoms with van der Waals surface area (Å²) in [5.74, 6) is -0.692. The summed E-state index contributed by atoms with van der Waals surface area (Å²) in [6, 6.07) is 7.43. The number of hydrogen-bond acceptors (Lipinski definition) is 5. The Morgan fingerprint density at radius 1 is 1.15 bits per heavy atom. The first-order valence-electron chi connectivity index (χ1n) is 8.92. The molecular formula is C19H24BrNO5. The van der Waals surface area contributed by atoms with Gasteiger partial charge in [-0.2, -0.15) is 0 Å². The van der Waals surface area contributed by atoms with Gasteiger partial charge in [-0.1, -0.05) is 41.3 Å². The van der Waals surface area contributed by atoms with Crippen LogP contribution in [0.15, 0.2) is 28.7 Å². The molecule has 1 fully saturated rings. The molecule has 1 saturated carbocycles. The third kappa shape index (κ3) is 7.56. The first kappa shape index (κ1) is 20.4. The largest absolute Gasteiger partial charge is 0.494 e. The second-order valence-corrected chi connectivity index (χ2v) is 7.23. The molecule has 0 bridgehead atoms. The predicted octanol–water partition coefficient (Wildman–Crippen LogP) is 3.37. The van der Waals surface area contributed by atoms with Crippen LogP contribution in [0.5, 0.6) is 5.75 Å². The number of ether oxygens (including phenoxy) is 2. The molecule has 1 aliphatic rings. The first-order chi connectivity index (χ1) is 12.5. The minimum absolute atomic E-state index is 0.0985. The third-order valence-corrected chi connectivity index (χ3v) is 4.69. The molecule has 142 valence electrons. The molecule has 26 heavy (non-hydrogen) atoms. The summed E-state index contributed by atoms with van der Waals surface area (Å²) in [5, 5.41) is 2.31. The zero-order valence-electron chi connectivity index (χ0n) is 14.7. The Morgan fingerprint density at radius 2 is 1.92 bits per heavy atom. The van der Waals surface area contributed by atoms with Gasteiger partial charge in [-0.25, -0.2) is 0 Å². The van der Waals surface area contributed by atoms with Crippen LogP contribution in [0.2, 0.25) is 0 Å². The van der Waals surface area contributed by atoms with Gasteiger partial charge in [0.15, 0.2) is 6.61 Å². The zero-order valence-corrected chi connectivity index (χ0v) is 16.3. The Labute approximate surface area is 161 Å². The number of rotatable bonds is 8. The van der Waals surface area contributed by atoms with Crippen molar-refractivity contribution in [1.29, 1.82) is 0 Å². The lowest BCUT2D eigenvalue weighted by atomic mass is 9.89. The summed E-state index contributed by atoms with van der Waals surface area (Å²) in [6.07, 6.45) is 5.44. The number of halogens is 1. The Bertz CT molecular complexity index is 628. The van der Waals surface area contributed by atoms with Crippen molar-refractivity contribution in [3.05, 3.63) is 28.7 Å². The summed E-state index contributed by atoms with van der Waals surface area (Å²) in [7, 11) is 0. The zero-order chi connectivity index (χ0) is 18.8. The Balaban J connectivity index is 1.56.